The molecule has 1 aliphatic heterocycles. The second kappa shape index (κ2) is 4.61. The lowest BCUT2D eigenvalue weighted by atomic mass is 10.4. The van der Waals surface area contributed by atoms with Gasteiger partial charge in [-0.25, -0.2) is 4.98 Å². The van der Waals surface area contributed by atoms with E-state index in [4.69, 9.17) is 0 Å². The summed E-state index contributed by atoms with van der Waals surface area (Å²) in [5.74, 6) is 0.0975. The number of aldehydes is 1. The van der Waals surface area contributed by atoms with Crippen LogP contribution in [0.15, 0.2) is 6.20 Å². The summed E-state index contributed by atoms with van der Waals surface area (Å²) in [6.07, 6.45) is 3.26. The van der Waals surface area contributed by atoms with Gasteiger partial charge in [0.25, 0.3) is 0 Å². The third kappa shape index (κ3) is 2.21. The van der Waals surface area contributed by atoms with Gasteiger partial charge in [-0.05, 0) is 6.42 Å². The molecule has 0 bridgehead atoms. The second-order valence-electron chi connectivity index (χ2n) is 3.75. The lowest BCUT2D eigenvalue weighted by Crippen LogP contribution is -2.34. The van der Waals surface area contributed by atoms with Crippen molar-refractivity contribution >= 4 is 28.7 Å². The zero-order valence-electron chi connectivity index (χ0n) is 9.05. The molecule has 0 spiro atoms. The minimum Gasteiger partial charge on any atom is -0.344 e. The van der Waals surface area contributed by atoms with Gasteiger partial charge >= 0.3 is 0 Å². The molecule has 0 saturated carbocycles. The molecule has 86 valence electrons. The lowest BCUT2D eigenvalue weighted by Gasteiger charge is -2.18. The standard InChI is InChI=1S/C10H13N3O2S/c1-12-3-2-4-13(6-9(12)15)10-11-5-8(7-14)16-10/h5,7H,2-4,6H2,1H3. The summed E-state index contributed by atoms with van der Waals surface area (Å²) in [7, 11) is 1.81. The molecule has 1 aromatic heterocycles. The zero-order valence-corrected chi connectivity index (χ0v) is 9.87. The van der Waals surface area contributed by atoms with E-state index in [9.17, 15) is 9.59 Å². The largest absolute Gasteiger partial charge is 0.344 e. The normalized spacial score (nSPS) is 17.4. The molecule has 6 heteroatoms. The molecule has 2 rings (SSSR count). The molecule has 1 aliphatic rings. The number of carbonyl (C=O) groups is 2. The van der Waals surface area contributed by atoms with Crippen molar-refractivity contribution in [1.82, 2.24) is 9.88 Å². The summed E-state index contributed by atoms with van der Waals surface area (Å²) in [6, 6.07) is 0. The first kappa shape index (κ1) is 11.1. The van der Waals surface area contributed by atoms with Crippen molar-refractivity contribution in [3.63, 3.8) is 0 Å². The lowest BCUT2D eigenvalue weighted by molar-refractivity contribution is -0.127. The highest BCUT2D eigenvalue weighted by Gasteiger charge is 2.20. The van der Waals surface area contributed by atoms with E-state index in [2.05, 4.69) is 4.98 Å². The number of carbonyl (C=O) groups excluding carboxylic acids is 2. The van der Waals surface area contributed by atoms with Gasteiger partial charge in [-0.2, -0.15) is 0 Å². The van der Waals surface area contributed by atoms with Crippen molar-refractivity contribution in [3.05, 3.63) is 11.1 Å². The topological polar surface area (TPSA) is 53.5 Å². The van der Waals surface area contributed by atoms with E-state index in [0.29, 0.717) is 11.4 Å². The summed E-state index contributed by atoms with van der Waals surface area (Å²) in [4.78, 5) is 30.6. The molecule has 0 radical (unpaired) electrons. The third-order valence-electron chi connectivity index (χ3n) is 2.57. The summed E-state index contributed by atoms with van der Waals surface area (Å²) in [5.41, 5.74) is 0. The van der Waals surface area contributed by atoms with Gasteiger partial charge < -0.3 is 9.80 Å². The second-order valence-corrected chi connectivity index (χ2v) is 4.79. The van der Waals surface area contributed by atoms with E-state index in [1.54, 1.807) is 11.1 Å². The molecule has 0 aromatic carbocycles. The first-order valence-electron chi connectivity index (χ1n) is 5.10. The molecule has 5 nitrogen and oxygen atoms in total. The number of hydrogen-bond acceptors (Lipinski definition) is 5. The number of rotatable bonds is 2. The fraction of sp³-hybridized carbons (Fsp3) is 0.500. The van der Waals surface area contributed by atoms with Crippen LogP contribution < -0.4 is 4.90 Å². The monoisotopic (exact) mass is 239 g/mol. The van der Waals surface area contributed by atoms with Crippen molar-refractivity contribution in [2.45, 2.75) is 6.42 Å². The van der Waals surface area contributed by atoms with Crippen LogP contribution in [0.3, 0.4) is 0 Å². The maximum absolute atomic E-state index is 11.7. The maximum Gasteiger partial charge on any atom is 0.241 e. The summed E-state index contributed by atoms with van der Waals surface area (Å²) in [6.45, 7) is 1.94. The predicted octanol–water partition coefficient (Wildman–Crippen LogP) is 0.624. The van der Waals surface area contributed by atoms with Crippen LogP contribution in [0.2, 0.25) is 0 Å². The Morgan fingerprint density at radius 2 is 2.31 bits per heavy atom. The Kier molecular flexibility index (Phi) is 3.19. The van der Waals surface area contributed by atoms with E-state index in [1.165, 1.54) is 11.3 Å². The molecule has 0 N–H and O–H groups in total. The number of thiazole rings is 1. The molecule has 16 heavy (non-hydrogen) atoms. The summed E-state index contributed by atoms with van der Waals surface area (Å²) in [5, 5.41) is 0.755. The highest BCUT2D eigenvalue weighted by molar-refractivity contribution is 7.17. The SMILES string of the molecule is CN1CCCN(c2ncc(C=O)s2)CC1=O. The molecular formula is C10H13N3O2S. The molecule has 0 atom stereocenters. The Labute approximate surface area is 97.7 Å². The smallest absolute Gasteiger partial charge is 0.241 e. The van der Waals surface area contributed by atoms with E-state index < -0.39 is 0 Å². The highest BCUT2D eigenvalue weighted by atomic mass is 32.1. The van der Waals surface area contributed by atoms with Gasteiger partial charge in [-0.15, -0.1) is 0 Å². The summed E-state index contributed by atoms with van der Waals surface area (Å²) < 4.78 is 0. The van der Waals surface area contributed by atoms with E-state index in [1.807, 2.05) is 11.9 Å². The quantitative estimate of drug-likeness (QED) is 0.710. The molecule has 1 saturated heterocycles. The molecule has 0 unspecified atom stereocenters. The van der Waals surface area contributed by atoms with Crippen molar-refractivity contribution in [2.75, 3.05) is 31.6 Å². The van der Waals surface area contributed by atoms with Crippen LogP contribution in [0.1, 0.15) is 16.1 Å². The maximum atomic E-state index is 11.7. The first-order valence-corrected chi connectivity index (χ1v) is 5.92. The highest BCUT2D eigenvalue weighted by Crippen LogP contribution is 2.22. The number of aromatic nitrogens is 1. The Bertz CT molecular complexity index is 405. The number of anilines is 1. The Hall–Kier alpha value is -1.43. The Morgan fingerprint density at radius 3 is 3.00 bits per heavy atom. The minimum absolute atomic E-state index is 0.0975. The van der Waals surface area contributed by atoms with Crippen molar-refractivity contribution < 1.29 is 9.59 Å². The number of amides is 1. The Balaban J connectivity index is 2.14. The van der Waals surface area contributed by atoms with Crippen LogP contribution in [-0.2, 0) is 4.79 Å². The average Bonchev–Trinajstić information content (AvgIpc) is 2.69. The van der Waals surface area contributed by atoms with Gasteiger partial charge in [0, 0.05) is 20.1 Å². The van der Waals surface area contributed by atoms with Gasteiger partial charge in [-0.1, -0.05) is 11.3 Å². The van der Waals surface area contributed by atoms with Crippen molar-refractivity contribution in [1.29, 1.82) is 0 Å². The number of nitrogens with zero attached hydrogens (tertiary/aromatic N) is 3. The van der Waals surface area contributed by atoms with Gasteiger partial charge in [0.15, 0.2) is 11.4 Å². The molecule has 0 aliphatic carbocycles. The fourth-order valence-electron chi connectivity index (χ4n) is 1.63. The van der Waals surface area contributed by atoms with Crippen LogP contribution in [0.25, 0.3) is 0 Å². The fourth-order valence-corrected chi connectivity index (χ4v) is 2.38. The first-order chi connectivity index (χ1) is 7.70. The van der Waals surface area contributed by atoms with Crippen molar-refractivity contribution in [2.24, 2.45) is 0 Å². The zero-order chi connectivity index (χ0) is 11.5. The van der Waals surface area contributed by atoms with Crippen LogP contribution in [0, 0.1) is 0 Å². The number of likely N-dealkylation sites (N-methyl/N-ethyl adjacent to an activating group) is 1. The molecule has 2 heterocycles. The van der Waals surface area contributed by atoms with E-state index in [0.717, 1.165) is 30.9 Å². The van der Waals surface area contributed by atoms with Crippen LogP contribution in [-0.4, -0.2) is 48.8 Å². The van der Waals surface area contributed by atoms with Crippen LogP contribution in [0.4, 0.5) is 5.13 Å². The third-order valence-corrected chi connectivity index (χ3v) is 3.55. The summed E-state index contributed by atoms with van der Waals surface area (Å²) >= 11 is 1.33. The van der Waals surface area contributed by atoms with E-state index in [-0.39, 0.29) is 5.91 Å². The molecule has 1 aromatic rings. The van der Waals surface area contributed by atoms with Gasteiger partial charge in [-0.3, -0.25) is 9.59 Å². The molecule has 1 fully saturated rings. The number of hydrogen-bond donors (Lipinski definition) is 0. The molecular weight excluding hydrogens is 226 g/mol. The predicted molar refractivity (Wildman–Crippen MR) is 62.0 cm³/mol. The minimum atomic E-state index is 0.0975. The van der Waals surface area contributed by atoms with Crippen molar-refractivity contribution in [3.8, 4) is 0 Å². The van der Waals surface area contributed by atoms with Crippen LogP contribution >= 0.6 is 11.3 Å². The van der Waals surface area contributed by atoms with Gasteiger partial charge in [0.1, 0.15) is 0 Å². The Morgan fingerprint density at radius 1 is 1.50 bits per heavy atom. The van der Waals surface area contributed by atoms with Crippen LogP contribution in [0.5, 0.6) is 0 Å². The van der Waals surface area contributed by atoms with Gasteiger partial charge in [0.05, 0.1) is 17.6 Å². The van der Waals surface area contributed by atoms with Gasteiger partial charge in [0.2, 0.25) is 5.91 Å². The average molecular weight is 239 g/mol. The molecule has 1 amide bonds. The van der Waals surface area contributed by atoms with E-state index >= 15 is 0 Å².